The zero-order chi connectivity index (χ0) is 25.2. The van der Waals surface area contributed by atoms with E-state index in [1.165, 1.54) is 30.3 Å². The molecule has 0 aromatic heterocycles. The molecule has 1 atom stereocenters. The van der Waals surface area contributed by atoms with E-state index in [1.807, 2.05) is 0 Å². The average Bonchev–Trinajstić information content (AvgIpc) is 2.87. The van der Waals surface area contributed by atoms with E-state index in [-0.39, 0.29) is 45.2 Å². The van der Waals surface area contributed by atoms with Crippen molar-refractivity contribution in [1.82, 2.24) is 8.61 Å². The van der Waals surface area contributed by atoms with Gasteiger partial charge in [0.1, 0.15) is 6.04 Å². The number of hydrogen-bond acceptors (Lipinski definition) is 5. The van der Waals surface area contributed by atoms with Crippen LogP contribution in [0.15, 0.2) is 88.7 Å². The third-order valence-electron chi connectivity index (χ3n) is 5.54. The Morgan fingerprint density at radius 3 is 1.94 bits per heavy atom. The van der Waals surface area contributed by atoms with Crippen LogP contribution in [-0.4, -0.2) is 57.0 Å². The van der Waals surface area contributed by atoms with Crippen molar-refractivity contribution >= 4 is 54.8 Å². The minimum absolute atomic E-state index is 0.00189. The third kappa shape index (κ3) is 5.23. The van der Waals surface area contributed by atoms with Crippen LogP contribution in [0.3, 0.4) is 0 Å². The Balaban J connectivity index is 1.71. The molecule has 1 saturated heterocycles. The standard InChI is InChI=1S/C23H21Cl2N3O5S2/c24-19-12-7-13-20(22(19)25)26-23(29)21-16-27(34(30,31)17-8-3-1-4-9-17)14-15-28(21)35(32,33)18-10-5-2-6-11-18/h1-13,21H,14-16H2,(H,26,29). The van der Waals surface area contributed by atoms with Crippen molar-refractivity contribution in [3.8, 4) is 0 Å². The molecule has 35 heavy (non-hydrogen) atoms. The summed E-state index contributed by atoms with van der Waals surface area (Å²) < 4.78 is 55.5. The normalized spacial score (nSPS) is 17.7. The van der Waals surface area contributed by atoms with Gasteiger partial charge in [-0.3, -0.25) is 4.79 Å². The number of halogens is 2. The summed E-state index contributed by atoms with van der Waals surface area (Å²) in [6, 6.07) is 18.7. The lowest BCUT2D eigenvalue weighted by Gasteiger charge is -2.39. The number of hydrogen-bond donors (Lipinski definition) is 1. The van der Waals surface area contributed by atoms with Crippen LogP contribution in [0.4, 0.5) is 5.69 Å². The maximum Gasteiger partial charge on any atom is 0.244 e. The van der Waals surface area contributed by atoms with Crippen LogP contribution in [0.2, 0.25) is 10.0 Å². The van der Waals surface area contributed by atoms with Gasteiger partial charge in [0, 0.05) is 19.6 Å². The number of amides is 1. The quantitative estimate of drug-likeness (QED) is 0.501. The van der Waals surface area contributed by atoms with Crippen LogP contribution in [0.25, 0.3) is 0 Å². The molecule has 0 saturated carbocycles. The monoisotopic (exact) mass is 553 g/mol. The van der Waals surface area contributed by atoms with Crippen molar-refractivity contribution in [2.75, 3.05) is 25.0 Å². The number of piperazine rings is 1. The molecule has 0 aliphatic carbocycles. The van der Waals surface area contributed by atoms with Gasteiger partial charge in [0.05, 0.1) is 25.5 Å². The second-order valence-electron chi connectivity index (χ2n) is 7.71. The molecule has 8 nitrogen and oxygen atoms in total. The fraction of sp³-hybridized carbons (Fsp3) is 0.174. The maximum atomic E-state index is 13.4. The van der Waals surface area contributed by atoms with Crippen LogP contribution in [-0.2, 0) is 24.8 Å². The number of carbonyl (C=O) groups excluding carboxylic acids is 1. The molecule has 1 heterocycles. The van der Waals surface area contributed by atoms with Gasteiger partial charge >= 0.3 is 0 Å². The Hall–Kier alpha value is -2.47. The lowest BCUT2D eigenvalue weighted by molar-refractivity contribution is -0.120. The second-order valence-corrected chi connectivity index (χ2v) is 12.3. The maximum absolute atomic E-state index is 13.4. The molecular weight excluding hydrogens is 533 g/mol. The van der Waals surface area contributed by atoms with E-state index < -0.39 is 32.0 Å². The highest BCUT2D eigenvalue weighted by atomic mass is 35.5. The topological polar surface area (TPSA) is 104 Å². The van der Waals surface area contributed by atoms with Gasteiger partial charge < -0.3 is 5.32 Å². The van der Waals surface area contributed by atoms with Crippen molar-refractivity contribution in [1.29, 1.82) is 0 Å². The number of nitrogens with one attached hydrogen (secondary N) is 1. The van der Waals surface area contributed by atoms with Gasteiger partial charge in [-0.2, -0.15) is 8.61 Å². The van der Waals surface area contributed by atoms with Crippen LogP contribution in [0, 0.1) is 0 Å². The van der Waals surface area contributed by atoms with Crippen LogP contribution >= 0.6 is 23.2 Å². The molecule has 12 heteroatoms. The van der Waals surface area contributed by atoms with Gasteiger partial charge in [-0.1, -0.05) is 65.7 Å². The number of carbonyl (C=O) groups is 1. The lowest BCUT2D eigenvalue weighted by Crippen LogP contribution is -2.60. The first-order chi connectivity index (χ1) is 16.6. The summed E-state index contributed by atoms with van der Waals surface area (Å²) in [5.41, 5.74) is 0.185. The van der Waals surface area contributed by atoms with E-state index in [9.17, 15) is 21.6 Å². The van der Waals surface area contributed by atoms with Gasteiger partial charge in [-0.15, -0.1) is 0 Å². The van der Waals surface area contributed by atoms with Gasteiger partial charge in [0.25, 0.3) is 0 Å². The summed E-state index contributed by atoms with van der Waals surface area (Å²) >= 11 is 12.2. The highest BCUT2D eigenvalue weighted by molar-refractivity contribution is 7.89. The molecule has 4 rings (SSSR count). The molecule has 1 N–H and O–H groups in total. The van der Waals surface area contributed by atoms with Crippen molar-refractivity contribution in [2.45, 2.75) is 15.8 Å². The van der Waals surface area contributed by atoms with E-state index in [0.717, 1.165) is 8.61 Å². The van der Waals surface area contributed by atoms with Crippen molar-refractivity contribution < 1.29 is 21.6 Å². The molecule has 1 fully saturated rings. The zero-order valence-electron chi connectivity index (χ0n) is 18.2. The summed E-state index contributed by atoms with van der Waals surface area (Å²) in [6.45, 7) is -0.719. The first-order valence-electron chi connectivity index (χ1n) is 10.5. The Morgan fingerprint density at radius 1 is 0.771 bits per heavy atom. The minimum Gasteiger partial charge on any atom is -0.323 e. The number of sulfonamides is 2. The van der Waals surface area contributed by atoms with Crippen molar-refractivity contribution in [2.24, 2.45) is 0 Å². The fourth-order valence-corrected chi connectivity index (χ4v) is 7.14. The van der Waals surface area contributed by atoms with E-state index in [2.05, 4.69) is 5.32 Å². The number of rotatable bonds is 6. The van der Waals surface area contributed by atoms with E-state index in [1.54, 1.807) is 48.5 Å². The average molecular weight is 554 g/mol. The predicted molar refractivity (Wildman–Crippen MR) is 134 cm³/mol. The molecule has 3 aromatic carbocycles. The molecule has 1 aliphatic rings. The zero-order valence-corrected chi connectivity index (χ0v) is 21.4. The lowest BCUT2D eigenvalue weighted by atomic mass is 10.2. The van der Waals surface area contributed by atoms with Crippen LogP contribution in [0.1, 0.15) is 0 Å². The SMILES string of the molecule is O=C(Nc1cccc(Cl)c1Cl)C1CN(S(=O)(=O)c2ccccc2)CCN1S(=O)(=O)c1ccccc1. The summed E-state index contributed by atoms with van der Waals surface area (Å²) in [4.78, 5) is 13.4. The van der Waals surface area contributed by atoms with Gasteiger partial charge in [-0.05, 0) is 36.4 Å². The van der Waals surface area contributed by atoms with Crippen LogP contribution < -0.4 is 5.32 Å². The summed E-state index contributed by atoms with van der Waals surface area (Å²) in [7, 11) is -8.07. The Labute approximate surface area is 214 Å². The highest BCUT2D eigenvalue weighted by Crippen LogP contribution is 2.31. The Bertz CT molecular complexity index is 1440. The minimum atomic E-state index is -4.11. The van der Waals surface area contributed by atoms with Gasteiger partial charge in [0.15, 0.2) is 0 Å². The number of nitrogens with zero attached hydrogens (tertiary/aromatic N) is 2. The molecule has 0 bridgehead atoms. The molecule has 1 amide bonds. The highest BCUT2D eigenvalue weighted by Gasteiger charge is 2.43. The second kappa shape index (κ2) is 10.3. The summed E-state index contributed by atoms with van der Waals surface area (Å²) in [5, 5.41) is 2.89. The van der Waals surface area contributed by atoms with Gasteiger partial charge in [0.2, 0.25) is 26.0 Å². The first-order valence-corrected chi connectivity index (χ1v) is 14.1. The summed E-state index contributed by atoms with van der Waals surface area (Å²) in [6.07, 6.45) is 0. The molecular formula is C23H21Cl2N3O5S2. The largest absolute Gasteiger partial charge is 0.323 e. The third-order valence-corrected chi connectivity index (χ3v) is 10.2. The van der Waals surface area contributed by atoms with Crippen LogP contribution in [0.5, 0.6) is 0 Å². The van der Waals surface area contributed by atoms with E-state index in [4.69, 9.17) is 23.2 Å². The van der Waals surface area contributed by atoms with Crippen molar-refractivity contribution in [3.05, 3.63) is 88.9 Å². The molecule has 184 valence electrons. The Morgan fingerprint density at radius 2 is 1.34 bits per heavy atom. The first kappa shape index (κ1) is 25.6. The smallest absolute Gasteiger partial charge is 0.244 e. The fourth-order valence-electron chi connectivity index (χ4n) is 3.75. The predicted octanol–water partition coefficient (Wildman–Crippen LogP) is 3.70. The van der Waals surface area contributed by atoms with Gasteiger partial charge in [-0.25, -0.2) is 16.8 Å². The molecule has 1 aliphatic heterocycles. The van der Waals surface area contributed by atoms with Crippen molar-refractivity contribution in [3.63, 3.8) is 0 Å². The molecule has 1 unspecified atom stereocenters. The van der Waals surface area contributed by atoms with E-state index in [0.29, 0.717) is 0 Å². The summed E-state index contributed by atoms with van der Waals surface area (Å²) in [5.74, 6) is -0.735. The molecule has 0 spiro atoms. The molecule has 0 radical (unpaired) electrons. The molecule has 3 aromatic rings. The number of anilines is 1. The Kier molecular flexibility index (Phi) is 7.51. The number of benzene rings is 3. The van der Waals surface area contributed by atoms with E-state index >= 15 is 0 Å².